The normalized spacial score (nSPS) is 16.6. The predicted molar refractivity (Wildman–Crippen MR) is 68.9 cm³/mol. The number of hydrogen-bond donors (Lipinski definition) is 1. The van der Waals surface area contributed by atoms with Gasteiger partial charge in [0.2, 0.25) is 0 Å². The Balaban J connectivity index is 2.28. The summed E-state index contributed by atoms with van der Waals surface area (Å²) in [6.07, 6.45) is 5.09. The third-order valence-corrected chi connectivity index (χ3v) is 3.46. The minimum atomic E-state index is 0.514. The van der Waals surface area contributed by atoms with Gasteiger partial charge in [-0.15, -0.1) is 0 Å². The van der Waals surface area contributed by atoms with Gasteiger partial charge in [0.15, 0.2) is 5.82 Å². The van der Waals surface area contributed by atoms with Gasteiger partial charge in [-0.1, -0.05) is 24.4 Å². The molecule has 0 unspecified atom stereocenters. The standard InChI is InChI=1S/C12H18ClN3/c1-2-16(9-5-3-4-6-9)12-10(14)7-8-11(13)15-12/h7-9H,2-6,14H2,1H3. The molecular formula is C12H18ClN3. The first-order valence-corrected chi connectivity index (χ1v) is 6.29. The second-order valence-corrected chi connectivity index (χ2v) is 4.66. The Kier molecular flexibility index (Phi) is 3.54. The number of anilines is 2. The molecule has 0 aromatic carbocycles. The van der Waals surface area contributed by atoms with Crippen LogP contribution < -0.4 is 10.6 Å². The summed E-state index contributed by atoms with van der Waals surface area (Å²) >= 11 is 5.93. The predicted octanol–water partition coefficient (Wildman–Crippen LogP) is 3.09. The van der Waals surface area contributed by atoms with Gasteiger partial charge in [-0.2, -0.15) is 0 Å². The van der Waals surface area contributed by atoms with Crippen molar-refractivity contribution in [1.82, 2.24) is 4.98 Å². The second-order valence-electron chi connectivity index (χ2n) is 4.27. The molecule has 2 rings (SSSR count). The van der Waals surface area contributed by atoms with Crippen molar-refractivity contribution in [2.75, 3.05) is 17.2 Å². The molecule has 16 heavy (non-hydrogen) atoms. The first-order valence-electron chi connectivity index (χ1n) is 5.91. The maximum absolute atomic E-state index is 5.97. The van der Waals surface area contributed by atoms with E-state index in [-0.39, 0.29) is 0 Å². The highest BCUT2D eigenvalue weighted by molar-refractivity contribution is 6.29. The van der Waals surface area contributed by atoms with Crippen molar-refractivity contribution in [2.24, 2.45) is 0 Å². The molecule has 0 amide bonds. The molecule has 0 spiro atoms. The Labute approximate surface area is 102 Å². The number of nitrogens with zero attached hydrogens (tertiary/aromatic N) is 2. The van der Waals surface area contributed by atoms with Gasteiger partial charge in [0, 0.05) is 12.6 Å². The van der Waals surface area contributed by atoms with Crippen LogP contribution in [-0.4, -0.2) is 17.6 Å². The zero-order valence-electron chi connectivity index (χ0n) is 9.62. The third kappa shape index (κ3) is 2.24. The quantitative estimate of drug-likeness (QED) is 0.825. The monoisotopic (exact) mass is 239 g/mol. The Morgan fingerprint density at radius 2 is 2.12 bits per heavy atom. The fourth-order valence-corrected chi connectivity index (χ4v) is 2.61. The molecule has 0 saturated heterocycles. The number of nitrogen functional groups attached to an aromatic ring is 1. The first kappa shape index (κ1) is 11.5. The molecule has 1 aromatic rings. The van der Waals surface area contributed by atoms with E-state index in [1.165, 1.54) is 25.7 Å². The highest BCUT2D eigenvalue weighted by atomic mass is 35.5. The Hall–Kier alpha value is -0.960. The van der Waals surface area contributed by atoms with Crippen LogP contribution in [0.4, 0.5) is 11.5 Å². The molecule has 1 aliphatic carbocycles. The summed E-state index contributed by atoms with van der Waals surface area (Å²) in [6.45, 7) is 3.07. The van der Waals surface area contributed by atoms with E-state index in [4.69, 9.17) is 17.3 Å². The minimum Gasteiger partial charge on any atom is -0.396 e. The van der Waals surface area contributed by atoms with Crippen LogP contribution in [0.1, 0.15) is 32.6 Å². The zero-order chi connectivity index (χ0) is 11.5. The minimum absolute atomic E-state index is 0.514. The number of aromatic nitrogens is 1. The largest absolute Gasteiger partial charge is 0.396 e. The number of hydrogen-bond acceptors (Lipinski definition) is 3. The maximum atomic E-state index is 5.97. The van der Waals surface area contributed by atoms with E-state index in [0.29, 0.717) is 11.2 Å². The topological polar surface area (TPSA) is 42.2 Å². The number of rotatable bonds is 3. The van der Waals surface area contributed by atoms with Crippen molar-refractivity contribution in [3.8, 4) is 0 Å². The third-order valence-electron chi connectivity index (χ3n) is 3.25. The summed E-state index contributed by atoms with van der Waals surface area (Å²) in [5, 5.41) is 0.514. The summed E-state index contributed by atoms with van der Waals surface area (Å²) in [7, 11) is 0. The Bertz CT molecular complexity index is 361. The smallest absolute Gasteiger partial charge is 0.153 e. The summed E-state index contributed by atoms with van der Waals surface area (Å²) in [6, 6.07) is 4.16. The SMILES string of the molecule is CCN(c1nc(Cl)ccc1N)C1CCCC1. The van der Waals surface area contributed by atoms with E-state index < -0.39 is 0 Å². The number of halogens is 1. The lowest BCUT2D eigenvalue weighted by Gasteiger charge is -2.29. The molecule has 0 radical (unpaired) electrons. The highest BCUT2D eigenvalue weighted by Crippen LogP contribution is 2.30. The maximum Gasteiger partial charge on any atom is 0.153 e. The van der Waals surface area contributed by atoms with Crippen LogP contribution in [0.15, 0.2) is 12.1 Å². The lowest BCUT2D eigenvalue weighted by molar-refractivity contribution is 0.614. The van der Waals surface area contributed by atoms with Crippen LogP contribution in [0, 0.1) is 0 Å². The van der Waals surface area contributed by atoms with Crippen molar-refractivity contribution in [2.45, 2.75) is 38.6 Å². The molecule has 1 aliphatic rings. The molecule has 0 aliphatic heterocycles. The van der Waals surface area contributed by atoms with E-state index >= 15 is 0 Å². The van der Waals surface area contributed by atoms with Gasteiger partial charge in [-0.05, 0) is 31.9 Å². The van der Waals surface area contributed by atoms with E-state index in [9.17, 15) is 0 Å². The number of pyridine rings is 1. The molecule has 88 valence electrons. The lowest BCUT2D eigenvalue weighted by Crippen LogP contribution is -2.34. The highest BCUT2D eigenvalue weighted by Gasteiger charge is 2.23. The van der Waals surface area contributed by atoms with Crippen molar-refractivity contribution in [1.29, 1.82) is 0 Å². The lowest BCUT2D eigenvalue weighted by atomic mass is 10.2. The zero-order valence-corrected chi connectivity index (χ0v) is 10.4. The van der Waals surface area contributed by atoms with Gasteiger partial charge in [0.1, 0.15) is 5.15 Å². The van der Waals surface area contributed by atoms with Crippen LogP contribution in [0.25, 0.3) is 0 Å². The summed E-state index contributed by atoms with van der Waals surface area (Å²) in [5.74, 6) is 0.849. The molecule has 4 heteroatoms. The van der Waals surface area contributed by atoms with Crippen LogP contribution in [0.2, 0.25) is 5.15 Å². The van der Waals surface area contributed by atoms with Crippen molar-refractivity contribution in [3.05, 3.63) is 17.3 Å². The van der Waals surface area contributed by atoms with Gasteiger partial charge < -0.3 is 10.6 Å². The molecule has 2 N–H and O–H groups in total. The van der Waals surface area contributed by atoms with Gasteiger partial charge in [0.25, 0.3) is 0 Å². The molecule has 0 bridgehead atoms. The fourth-order valence-electron chi connectivity index (χ4n) is 2.46. The average Bonchev–Trinajstić information content (AvgIpc) is 2.78. The van der Waals surface area contributed by atoms with Crippen LogP contribution >= 0.6 is 11.6 Å². The van der Waals surface area contributed by atoms with Crippen LogP contribution in [-0.2, 0) is 0 Å². The van der Waals surface area contributed by atoms with Gasteiger partial charge in [-0.3, -0.25) is 0 Å². The first-order chi connectivity index (χ1) is 7.72. The summed E-state index contributed by atoms with van der Waals surface area (Å²) in [4.78, 5) is 6.64. The van der Waals surface area contributed by atoms with E-state index in [0.717, 1.165) is 18.1 Å². The molecule has 1 aromatic heterocycles. The van der Waals surface area contributed by atoms with Crippen molar-refractivity contribution < 1.29 is 0 Å². The van der Waals surface area contributed by atoms with Crippen LogP contribution in [0.5, 0.6) is 0 Å². The molecule has 1 saturated carbocycles. The molecule has 1 heterocycles. The molecule has 1 fully saturated rings. The van der Waals surface area contributed by atoms with Crippen LogP contribution in [0.3, 0.4) is 0 Å². The summed E-state index contributed by atoms with van der Waals surface area (Å²) in [5.41, 5.74) is 6.69. The van der Waals surface area contributed by atoms with Gasteiger partial charge in [-0.25, -0.2) is 4.98 Å². The van der Waals surface area contributed by atoms with E-state index in [2.05, 4.69) is 16.8 Å². The van der Waals surface area contributed by atoms with E-state index in [1.54, 1.807) is 6.07 Å². The molecule has 0 atom stereocenters. The summed E-state index contributed by atoms with van der Waals surface area (Å²) < 4.78 is 0. The Morgan fingerprint density at radius 1 is 1.44 bits per heavy atom. The fraction of sp³-hybridized carbons (Fsp3) is 0.583. The Morgan fingerprint density at radius 3 is 2.75 bits per heavy atom. The van der Waals surface area contributed by atoms with Crippen molar-refractivity contribution >= 4 is 23.1 Å². The molecule has 3 nitrogen and oxygen atoms in total. The number of nitrogens with two attached hydrogens (primary N) is 1. The second kappa shape index (κ2) is 4.91. The van der Waals surface area contributed by atoms with Crippen molar-refractivity contribution in [3.63, 3.8) is 0 Å². The van der Waals surface area contributed by atoms with Gasteiger partial charge in [0.05, 0.1) is 5.69 Å². The molecular weight excluding hydrogens is 222 g/mol. The van der Waals surface area contributed by atoms with E-state index in [1.807, 2.05) is 6.07 Å². The van der Waals surface area contributed by atoms with Gasteiger partial charge >= 0.3 is 0 Å². The average molecular weight is 240 g/mol.